The molecule has 2 unspecified atom stereocenters. The summed E-state index contributed by atoms with van der Waals surface area (Å²) in [7, 11) is 0. The second kappa shape index (κ2) is 6.75. The topological polar surface area (TPSA) is 23.5 Å². The van der Waals surface area contributed by atoms with Crippen molar-refractivity contribution in [1.29, 1.82) is 0 Å². The lowest BCUT2D eigenvalue weighted by Crippen LogP contribution is -2.45. The van der Waals surface area contributed by atoms with Gasteiger partial charge in [-0.05, 0) is 31.7 Å². The number of rotatable bonds is 4. The molecule has 0 aromatic heterocycles. The van der Waals surface area contributed by atoms with E-state index in [0.29, 0.717) is 6.04 Å². The second-order valence-corrected chi connectivity index (χ2v) is 5.51. The highest BCUT2D eigenvalue weighted by atomic mass is 16.3. The zero-order valence-corrected chi connectivity index (χ0v) is 11.7. The van der Waals surface area contributed by atoms with Gasteiger partial charge in [-0.3, -0.25) is 4.90 Å². The Labute approximate surface area is 116 Å². The molecule has 19 heavy (non-hydrogen) atoms. The third kappa shape index (κ3) is 4.09. The van der Waals surface area contributed by atoms with Gasteiger partial charge in [0.1, 0.15) is 0 Å². The summed E-state index contributed by atoms with van der Waals surface area (Å²) >= 11 is 0. The molecule has 0 bridgehead atoms. The van der Waals surface area contributed by atoms with Crippen LogP contribution in [0.25, 0.3) is 0 Å². The monoisotopic (exact) mass is 257 g/mol. The van der Waals surface area contributed by atoms with Crippen molar-refractivity contribution in [1.82, 2.24) is 4.90 Å². The van der Waals surface area contributed by atoms with Crippen molar-refractivity contribution in [2.24, 2.45) is 0 Å². The van der Waals surface area contributed by atoms with E-state index in [4.69, 9.17) is 6.42 Å². The Morgan fingerprint density at radius 3 is 2.79 bits per heavy atom. The van der Waals surface area contributed by atoms with Crippen molar-refractivity contribution in [2.75, 3.05) is 13.1 Å². The molecule has 0 amide bonds. The Morgan fingerprint density at radius 1 is 1.37 bits per heavy atom. The maximum atomic E-state index is 9.88. The molecule has 1 N–H and O–H groups in total. The van der Waals surface area contributed by atoms with Crippen molar-refractivity contribution in [3.63, 3.8) is 0 Å². The van der Waals surface area contributed by atoms with Crippen LogP contribution in [0.5, 0.6) is 0 Å². The Balaban J connectivity index is 2.01. The smallest absolute Gasteiger partial charge is 0.0567 e. The lowest BCUT2D eigenvalue weighted by atomic mass is 9.93. The predicted molar refractivity (Wildman–Crippen MR) is 78.9 cm³/mol. The van der Waals surface area contributed by atoms with Crippen LogP contribution >= 0.6 is 0 Å². The number of aliphatic hydroxyl groups excluding tert-OH is 1. The zero-order valence-electron chi connectivity index (χ0n) is 11.7. The summed E-state index contributed by atoms with van der Waals surface area (Å²) in [6.07, 6.45) is 8.73. The summed E-state index contributed by atoms with van der Waals surface area (Å²) in [5.74, 6) is 2.71. The van der Waals surface area contributed by atoms with Crippen LogP contribution in [0.3, 0.4) is 0 Å². The maximum Gasteiger partial charge on any atom is 0.0567 e. The fraction of sp³-hybridized carbons (Fsp3) is 0.529. The Bertz CT molecular complexity index is 432. The first-order valence-corrected chi connectivity index (χ1v) is 7.10. The quantitative estimate of drug-likeness (QED) is 0.837. The van der Waals surface area contributed by atoms with Crippen molar-refractivity contribution in [3.05, 3.63) is 35.4 Å². The summed E-state index contributed by atoms with van der Waals surface area (Å²) < 4.78 is 0. The molecule has 2 nitrogen and oxygen atoms in total. The number of hydrogen-bond acceptors (Lipinski definition) is 2. The Morgan fingerprint density at radius 2 is 2.11 bits per heavy atom. The molecule has 1 aromatic carbocycles. The van der Waals surface area contributed by atoms with Crippen molar-refractivity contribution < 1.29 is 5.11 Å². The molecule has 1 aliphatic heterocycles. The van der Waals surface area contributed by atoms with E-state index >= 15 is 0 Å². The fourth-order valence-corrected chi connectivity index (χ4v) is 2.79. The number of likely N-dealkylation sites (tertiary alicyclic amines) is 1. The number of aliphatic hydroxyl groups is 1. The summed E-state index contributed by atoms with van der Waals surface area (Å²) in [5, 5.41) is 9.88. The van der Waals surface area contributed by atoms with Crippen molar-refractivity contribution in [2.45, 2.75) is 44.8 Å². The minimum Gasteiger partial charge on any atom is -0.393 e. The fourth-order valence-electron chi connectivity index (χ4n) is 2.79. The van der Waals surface area contributed by atoms with Gasteiger partial charge in [-0.15, -0.1) is 12.3 Å². The maximum absolute atomic E-state index is 9.88. The van der Waals surface area contributed by atoms with E-state index in [1.165, 1.54) is 11.1 Å². The van der Waals surface area contributed by atoms with Gasteiger partial charge in [0.2, 0.25) is 0 Å². The number of aryl methyl sites for hydroxylation is 1. The SMILES string of the molecule is C#CCCN1CCC(O)CC1Cc1ccc(C)cc1. The van der Waals surface area contributed by atoms with Gasteiger partial charge >= 0.3 is 0 Å². The molecular weight excluding hydrogens is 234 g/mol. The minimum atomic E-state index is -0.155. The van der Waals surface area contributed by atoms with E-state index in [2.05, 4.69) is 42.0 Å². The number of benzene rings is 1. The first-order valence-electron chi connectivity index (χ1n) is 7.10. The van der Waals surface area contributed by atoms with Crippen molar-refractivity contribution in [3.8, 4) is 12.3 Å². The first kappa shape index (κ1) is 14.1. The van der Waals surface area contributed by atoms with Crippen LogP contribution in [-0.2, 0) is 6.42 Å². The lowest BCUT2D eigenvalue weighted by Gasteiger charge is -2.37. The molecule has 0 aliphatic carbocycles. The van der Waals surface area contributed by atoms with Gasteiger partial charge in [-0.2, -0.15) is 0 Å². The highest BCUT2D eigenvalue weighted by Crippen LogP contribution is 2.21. The molecule has 2 atom stereocenters. The molecular formula is C17H23NO. The molecule has 102 valence electrons. The van der Waals surface area contributed by atoms with Gasteiger partial charge in [0.05, 0.1) is 6.10 Å². The van der Waals surface area contributed by atoms with Crippen LogP contribution in [0.4, 0.5) is 0 Å². The van der Waals surface area contributed by atoms with E-state index < -0.39 is 0 Å². The first-order chi connectivity index (χ1) is 9.19. The van der Waals surface area contributed by atoms with E-state index in [0.717, 1.165) is 38.8 Å². The van der Waals surface area contributed by atoms with E-state index in [9.17, 15) is 5.11 Å². The molecule has 1 aromatic rings. The van der Waals surface area contributed by atoms with Gasteiger partial charge < -0.3 is 5.11 Å². The number of terminal acetylenes is 1. The molecule has 2 rings (SSSR count). The van der Waals surface area contributed by atoms with Crippen LogP contribution in [0.2, 0.25) is 0 Å². The van der Waals surface area contributed by atoms with Crippen LogP contribution < -0.4 is 0 Å². The minimum absolute atomic E-state index is 0.155. The van der Waals surface area contributed by atoms with Gasteiger partial charge in [0.15, 0.2) is 0 Å². The molecule has 2 heteroatoms. The predicted octanol–water partition coefficient (Wildman–Crippen LogP) is 2.39. The summed E-state index contributed by atoms with van der Waals surface area (Å²) in [4.78, 5) is 2.44. The van der Waals surface area contributed by atoms with Gasteiger partial charge in [-0.1, -0.05) is 29.8 Å². The van der Waals surface area contributed by atoms with Crippen LogP contribution in [-0.4, -0.2) is 35.2 Å². The summed E-state index contributed by atoms with van der Waals surface area (Å²) in [6.45, 7) is 4.01. The van der Waals surface area contributed by atoms with Crippen LogP contribution in [0, 0.1) is 19.3 Å². The van der Waals surface area contributed by atoms with Gasteiger partial charge in [0.25, 0.3) is 0 Å². The van der Waals surface area contributed by atoms with Crippen molar-refractivity contribution >= 4 is 0 Å². The zero-order chi connectivity index (χ0) is 13.7. The molecule has 0 saturated carbocycles. The van der Waals surface area contributed by atoms with E-state index in [1.54, 1.807) is 0 Å². The Hall–Kier alpha value is -1.30. The van der Waals surface area contributed by atoms with Crippen LogP contribution in [0.15, 0.2) is 24.3 Å². The molecule has 1 aliphatic rings. The highest BCUT2D eigenvalue weighted by Gasteiger charge is 2.26. The molecule has 0 spiro atoms. The summed E-state index contributed by atoms with van der Waals surface area (Å²) in [5.41, 5.74) is 2.63. The van der Waals surface area contributed by atoms with E-state index in [1.807, 2.05) is 0 Å². The normalized spacial score (nSPS) is 24.1. The lowest BCUT2D eigenvalue weighted by molar-refractivity contribution is 0.0428. The largest absolute Gasteiger partial charge is 0.393 e. The average Bonchev–Trinajstić information content (AvgIpc) is 2.40. The molecule has 0 radical (unpaired) electrons. The number of hydrogen-bond donors (Lipinski definition) is 1. The standard InChI is InChI=1S/C17H23NO/c1-3-4-10-18-11-9-17(19)13-16(18)12-15-7-5-14(2)6-8-15/h1,5-8,16-17,19H,4,9-13H2,2H3. The number of nitrogens with zero attached hydrogens (tertiary/aromatic N) is 1. The molecule has 1 fully saturated rings. The highest BCUT2D eigenvalue weighted by molar-refractivity contribution is 5.22. The van der Waals surface area contributed by atoms with Gasteiger partial charge in [0, 0.05) is 25.6 Å². The Kier molecular flexibility index (Phi) is 5.01. The third-order valence-corrected chi connectivity index (χ3v) is 3.95. The summed E-state index contributed by atoms with van der Waals surface area (Å²) in [6, 6.07) is 9.10. The molecule has 1 heterocycles. The van der Waals surface area contributed by atoms with Gasteiger partial charge in [-0.25, -0.2) is 0 Å². The third-order valence-electron chi connectivity index (χ3n) is 3.95. The number of piperidine rings is 1. The van der Waals surface area contributed by atoms with Crippen LogP contribution in [0.1, 0.15) is 30.4 Å². The van der Waals surface area contributed by atoms with E-state index in [-0.39, 0.29) is 6.10 Å². The average molecular weight is 257 g/mol. The second-order valence-electron chi connectivity index (χ2n) is 5.51. The molecule has 1 saturated heterocycles.